The lowest BCUT2D eigenvalue weighted by Gasteiger charge is -2.18. The molecule has 0 aliphatic rings. The maximum atomic E-state index is 10.9. The second kappa shape index (κ2) is 4.87. The van der Waals surface area contributed by atoms with Crippen LogP contribution in [-0.4, -0.2) is 21.8 Å². The van der Waals surface area contributed by atoms with Crippen LogP contribution in [0, 0.1) is 19.3 Å². The number of nitrogens with zero attached hydrogens (tertiary/aromatic N) is 1. The van der Waals surface area contributed by atoms with Crippen molar-refractivity contribution in [3.05, 3.63) is 23.4 Å². The molecule has 0 bridgehead atoms. The molecule has 16 heavy (non-hydrogen) atoms. The molecule has 88 valence electrons. The van der Waals surface area contributed by atoms with Crippen molar-refractivity contribution in [3.8, 4) is 0 Å². The second-order valence-corrected chi connectivity index (χ2v) is 5.60. The summed E-state index contributed by atoms with van der Waals surface area (Å²) in [6, 6.07) is 3.99. The number of thioether (sulfide) groups is 1. The van der Waals surface area contributed by atoms with Crippen LogP contribution >= 0.6 is 11.8 Å². The number of hydrogen-bond acceptors (Lipinski definition) is 3. The van der Waals surface area contributed by atoms with Gasteiger partial charge < -0.3 is 5.11 Å². The first-order chi connectivity index (χ1) is 7.31. The summed E-state index contributed by atoms with van der Waals surface area (Å²) in [5.74, 6) is -0.248. The van der Waals surface area contributed by atoms with Gasteiger partial charge >= 0.3 is 5.97 Å². The molecule has 0 radical (unpaired) electrons. The van der Waals surface area contributed by atoms with Gasteiger partial charge in [-0.05, 0) is 45.4 Å². The zero-order valence-corrected chi connectivity index (χ0v) is 10.9. The van der Waals surface area contributed by atoms with E-state index >= 15 is 0 Å². The van der Waals surface area contributed by atoms with E-state index in [0.29, 0.717) is 5.75 Å². The van der Waals surface area contributed by atoms with Crippen molar-refractivity contribution >= 4 is 17.7 Å². The second-order valence-electron chi connectivity index (χ2n) is 4.60. The maximum Gasteiger partial charge on any atom is 0.309 e. The van der Waals surface area contributed by atoms with Crippen LogP contribution < -0.4 is 0 Å². The summed E-state index contributed by atoms with van der Waals surface area (Å²) >= 11 is 1.49. The zero-order chi connectivity index (χ0) is 12.3. The van der Waals surface area contributed by atoms with Crippen LogP contribution in [0.25, 0.3) is 0 Å². The number of aryl methyl sites for hydroxylation is 2. The third-order valence-electron chi connectivity index (χ3n) is 2.23. The van der Waals surface area contributed by atoms with Crippen molar-refractivity contribution in [1.82, 2.24) is 4.98 Å². The van der Waals surface area contributed by atoms with E-state index in [0.717, 1.165) is 16.3 Å². The molecule has 0 fully saturated rings. The molecule has 0 saturated carbocycles. The van der Waals surface area contributed by atoms with Gasteiger partial charge in [0.15, 0.2) is 0 Å². The molecule has 3 nitrogen and oxygen atoms in total. The molecule has 1 aromatic rings. The summed E-state index contributed by atoms with van der Waals surface area (Å²) in [6.07, 6.45) is 0. The fraction of sp³-hybridized carbons (Fsp3) is 0.500. The van der Waals surface area contributed by atoms with Crippen LogP contribution in [-0.2, 0) is 4.79 Å². The molecule has 1 N–H and O–H groups in total. The molecule has 1 heterocycles. The minimum Gasteiger partial charge on any atom is -0.481 e. The van der Waals surface area contributed by atoms with E-state index in [1.165, 1.54) is 11.8 Å². The summed E-state index contributed by atoms with van der Waals surface area (Å²) in [6.45, 7) is 7.41. The summed E-state index contributed by atoms with van der Waals surface area (Å²) in [5.41, 5.74) is 1.41. The molecule has 0 saturated heterocycles. The Kier molecular flexibility index (Phi) is 3.97. The van der Waals surface area contributed by atoms with Gasteiger partial charge in [0, 0.05) is 11.4 Å². The van der Waals surface area contributed by atoms with Crippen molar-refractivity contribution in [2.45, 2.75) is 32.7 Å². The Hall–Kier alpha value is -1.03. The van der Waals surface area contributed by atoms with Crippen LogP contribution in [0.4, 0.5) is 0 Å². The summed E-state index contributed by atoms with van der Waals surface area (Å²) in [5, 5.41) is 9.89. The Bertz CT molecular complexity index is 382. The number of aromatic nitrogens is 1. The van der Waals surface area contributed by atoms with Gasteiger partial charge in [0.25, 0.3) is 0 Å². The van der Waals surface area contributed by atoms with Crippen molar-refractivity contribution in [2.75, 3.05) is 5.75 Å². The first-order valence-corrected chi connectivity index (χ1v) is 6.11. The highest BCUT2D eigenvalue weighted by Gasteiger charge is 2.27. The molecule has 4 heteroatoms. The van der Waals surface area contributed by atoms with Gasteiger partial charge in [-0.3, -0.25) is 4.79 Å². The fourth-order valence-corrected chi connectivity index (χ4v) is 2.30. The van der Waals surface area contributed by atoms with Crippen LogP contribution in [0.1, 0.15) is 25.1 Å². The SMILES string of the molecule is Cc1cc(C)nc(SCC(C)(C)C(=O)O)c1. The average molecular weight is 239 g/mol. The lowest BCUT2D eigenvalue weighted by molar-refractivity contribution is -0.145. The van der Waals surface area contributed by atoms with Crippen molar-refractivity contribution in [3.63, 3.8) is 0 Å². The normalized spacial score (nSPS) is 11.5. The van der Waals surface area contributed by atoms with Gasteiger partial charge in [-0.25, -0.2) is 4.98 Å². The van der Waals surface area contributed by atoms with Gasteiger partial charge in [0.05, 0.1) is 10.4 Å². The lowest BCUT2D eigenvalue weighted by Crippen LogP contribution is -2.26. The lowest BCUT2D eigenvalue weighted by atomic mass is 9.97. The Morgan fingerprint density at radius 1 is 1.44 bits per heavy atom. The van der Waals surface area contributed by atoms with Gasteiger partial charge in [0.2, 0.25) is 0 Å². The highest BCUT2D eigenvalue weighted by molar-refractivity contribution is 7.99. The first kappa shape index (κ1) is 13.0. The van der Waals surface area contributed by atoms with Crippen molar-refractivity contribution in [1.29, 1.82) is 0 Å². The third kappa shape index (κ3) is 3.52. The fourth-order valence-electron chi connectivity index (χ4n) is 1.19. The average Bonchev–Trinajstić information content (AvgIpc) is 2.13. The summed E-state index contributed by atoms with van der Waals surface area (Å²) < 4.78 is 0. The molecule has 1 aromatic heterocycles. The van der Waals surface area contributed by atoms with Crippen molar-refractivity contribution in [2.24, 2.45) is 5.41 Å². The van der Waals surface area contributed by atoms with Gasteiger partial charge in [0.1, 0.15) is 0 Å². The molecule has 0 aliphatic carbocycles. The molecule has 1 rings (SSSR count). The Morgan fingerprint density at radius 3 is 2.56 bits per heavy atom. The number of carboxylic acid groups (broad SMARTS) is 1. The summed E-state index contributed by atoms with van der Waals surface area (Å²) in [4.78, 5) is 15.3. The number of pyridine rings is 1. The molecule has 0 aliphatic heterocycles. The van der Waals surface area contributed by atoms with E-state index in [4.69, 9.17) is 5.11 Å². The smallest absolute Gasteiger partial charge is 0.309 e. The van der Waals surface area contributed by atoms with E-state index in [1.807, 2.05) is 26.0 Å². The number of hydrogen-bond donors (Lipinski definition) is 1. The molecular weight excluding hydrogens is 222 g/mol. The Labute approximate surface area is 100 Å². The van der Waals surface area contributed by atoms with E-state index in [2.05, 4.69) is 4.98 Å². The highest BCUT2D eigenvalue weighted by atomic mass is 32.2. The van der Waals surface area contributed by atoms with Crippen LogP contribution in [0.15, 0.2) is 17.2 Å². The zero-order valence-electron chi connectivity index (χ0n) is 10.1. The molecule has 0 unspecified atom stereocenters. The van der Waals surface area contributed by atoms with Gasteiger partial charge in [-0.15, -0.1) is 11.8 Å². The number of rotatable bonds is 4. The predicted octanol–water partition coefficient (Wildman–Crippen LogP) is 2.90. The molecule has 0 amide bonds. The minimum absolute atomic E-state index is 0.526. The van der Waals surface area contributed by atoms with E-state index in [1.54, 1.807) is 13.8 Å². The van der Waals surface area contributed by atoms with Crippen molar-refractivity contribution < 1.29 is 9.90 Å². The van der Waals surface area contributed by atoms with E-state index < -0.39 is 11.4 Å². The monoisotopic (exact) mass is 239 g/mol. The van der Waals surface area contributed by atoms with E-state index in [-0.39, 0.29) is 0 Å². The first-order valence-electron chi connectivity index (χ1n) is 5.13. The molecule has 0 atom stereocenters. The van der Waals surface area contributed by atoms with Gasteiger partial charge in [-0.2, -0.15) is 0 Å². The number of carbonyl (C=O) groups is 1. The topological polar surface area (TPSA) is 50.2 Å². The molecule has 0 spiro atoms. The predicted molar refractivity (Wildman–Crippen MR) is 65.9 cm³/mol. The Balaban J connectivity index is 2.71. The molecule has 0 aromatic carbocycles. The maximum absolute atomic E-state index is 10.9. The molecular formula is C12H17NO2S. The quantitative estimate of drug-likeness (QED) is 0.821. The van der Waals surface area contributed by atoms with Gasteiger partial charge in [-0.1, -0.05) is 0 Å². The van der Waals surface area contributed by atoms with Crippen LogP contribution in [0.5, 0.6) is 0 Å². The Morgan fingerprint density at radius 2 is 2.06 bits per heavy atom. The summed E-state index contributed by atoms with van der Waals surface area (Å²) in [7, 11) is 0. The largest absolute Gasteiger partial charge is 0.481 e. The number of aliphatic carboxylic acids is 1. The number of carboxylic acids is 1. The standard InChI is InChI=1S/C12H17NO2S/c1-8-5-9(2)13-10(6-8)16-7-12(3,4)11(14)15/h5-6H,7H2,1-4H3,(H,14,15). The minimum atomic E-state index is -0.774. The van der Waals surface area contributed by atoms with E-state index in [9.17, 15) is 4.79 Å². The highest BCUT2D eigenvalue weighted by Crippen LogP contribution is 2.27. The van der Waals surface area contributed by atoms with Crippen LogP contribution in [0.3, 0.4) is 0 Å². The third-order valence-corrected chi connectivity index (χ3v) is 3.61. The van der Waals surface area contributed by atoms with Crippen LogP contribution in [0.2, 0.25) is 0 Å².